The molecular weight excluding hydrogens is 282 g/mol. The second-order valence-corrected chi connectivity index (χ2v) is 4.55. The highest BCUT2D eigenvalue weighted by Crippen LogP contribution is 1.97. The molecule has 1 heterocycles. The van der Waals surface area contributed by atoms with Crippen LogP contribution in [-0.2, 0) is 35.0 Å². The minimum Gasteiger partial charge on any atom is -0.480 e. The lowest BCUT2D eigenvalue weighted by Gasteiger charge is -2.17. The molecule has 0 aromatic carbocycles. The maximum Gasteiger partial charge on any atom is 0.330 e. The Morgan fingerprint density at radius 2 is 1.90 bits per heavy atom. The molecule has 9 heteroatoms. The van der Waals surface area contributed by atoms with Gasteiger partial charge in [-0.25, -0.2) is 9.59 Å². The molecule has 0 radical (unpaired) electrons. The van der Waals surface area contributed by atoms with Crippen molar-refractivity contribution in [2.45, 2.75) is 6.54 Å². The van der Waals surface area contributed by atoms with Gasteiger partial charge in [-0.15, -0.1) is 0 Å². The van der Waals surface area contributed by atoms with E-state index in [0.717, 1.165) is 4.57 Å². The van der Waals surface area contributed by atoms with Crippen LogP contribution >= 0.6 is 0 Å². The summed E-state index contributed by atoms with van der Waals surface area (Å²) in [6.07, 6.45) is 1.37. The summed E-state index contributed by atoms with van der Waals surface area (Å²) < 4.78 is 6.88. The minimum atomic E-state index is -1.17. The molecular formula is C12H17N3O6. The van der Waals surface area contributed by atoms with Crippen LogP contribution in [-0.4, -0.2) is 51.3 Å². The number of nitrogens with zero attached hydrogens (tertiary/aromatic N) is 3. The molecule has 0 unspecified atom stereocenters. The summed E-state index contributed by atoms with van der Waals surface area (Å²) in [5.41, 5.74) is -0.666. The molecule has 21 heavy (non-hydrogen) atoms. The van der Waals surface area contributed by atoms with Crippen molar-refractivity contribution in [3.8, 4) is 0 Å². The van der Waals surface area contributed by atoms with Crippen LogP contribution in [0.2, 0.25) is 0 Å². The van der Waals surface area contributed by atoms with Gasteiger partial charge in [0.1, 0.15) is 13.2 Å². The molecule has 0 aliphatic heterocycles. The Balaban J connectivity index is 2.77. The summed E-state index contributed by atoms with van der Waals surface area (Å²) in [4.78, 5) is 46.6. The summed E-state index contributed by atoms with van der Waals surface area (Å²) >= 11 is 0. The van der Waals surface area contributed by atoms with Crippen molar-refractivity contribution >= 4 is 11.9 Å². The number of amides is 1. The van der Waals surface area contributed by atoms with E-state index in [1.165, 1.54) is 36.8 Å². The fraction of sp³-hybridized carbons (Fsp3) is 0.500. The van der Waals surface area contributed by atoms with E-state index in [9.17, 15) is 19.2 Å². The van der Waals surface area contributed by atoms with Gasteiger partial charge in [0.15, 0.2) is 0 Å². The van der Waals surface area contributed by atoms with Crippen LogP contribution in [0.25, 0.3) is 0 Å². The molecule has 1 N–H and O–H groups in total. The first kappa shape index (κ1) is 16.6. The van der Waals surface area contributed by atoms with Gasteiger partial charge in [0.05, 0.1) is 12.1 Å². The molecule has 0 fully saturated rings. The molecule has 0 aliphatic rings. The van der Waals surface area contributed by atoms with E-state index in [2.05, 4.69) is 4.74 Å². The third kappa shape index (κ3) is 4.28. The first-order valence-electron chi connectivity index (χ1n) is 6.03. The van der Waals surface area contributed by atoms with Crippen molar-refractivity contribution < 1.29 is 19.4 Å². The lowest BCUT2D eigenvalue weighted by atomic mass is 10.3. The molecule has 116 valence electrons. The van der Waals surface area contributed by atoms with Crippen LogP contribution in [0, 0.1) is 0 Å². The molecule has 0 bridgehead atoms. The summed E-state index contributed by atoms with van der Waals surface area (Å²) in [5.74, 6) is -1.63. The molecule has 1 amide bonds. The number of aryl methyl sites for hydroxylation is 1. The van der Waals surface area contributed by atoms with E-state index in [-0.39, 0.29) is 12.1 Å². The Hall–Kier alpha value is -2.42. The number of carbonyl (C=O) groups is 2. The third-order valence-electron chi connectivity index (χ3n) is 2.80. The molecule has 1 aromatic rings. The van der Waals surface area contributed by atoms with Gasteiger partial charge in [0.25, 0.3) is 5.56 Å². The summed E-state index contributed by atoms with van der Waals surface area (Å²) in [7, 11) is 4.31. The Labute approximate surface area is 120 Å². The zero-order valence-corrected chi connectivity index (χ0v) is 12.0. The standard InChI is InChI=1S/C12H17N3O6/c1-13(9(16)6-21-7-10(17)18)4-8-5-14(2)12(20)15(3)11(8)19/h5H,4,6-7H2,1-3H3,(H,17,18). The lowest BCUT2D eigenvalue weighted by Crippen LogP contribution is -2.40. The molecule has 0 saturated heterocycles. The van der Waals surface area contributed by atoms with Crippen LogP contribution in [0.4, 0.5) is 0 Å². The Morgan fingerprint density at radius 1 is 1.29 bits per heavy atom. The topological polar surface area (TPSA) is 111 Å². The zero-order valence-electron chi connectivity index (χ0n) is 12.0. The number of carbonyl (C=O) groups excluding carboxylic acids is 1. The van der Waals surface area contributed by atoms with Gasteiger partial charge >= 0.3 is 11.7 Å². The quantitative estimate of drug-likeness (QED) is 0.659. The lowest BCUT2D eigenvalue weighted by molar-refractivity contribution is -0.145. The van der Waals surface area contributed by atoms with Crippen LogP contribution in [0.1, 0.15) is 5.56 Å². The fourth-order valence-corrected chi connectivity index (χ4v) is 1.67. The summed E-state index contributed by atoms with van der Waals surface area (Å²) in [5, 5.41) is 8.40. The zero-order chi connectivity index (χ0) is 16.2. The Bertz CT molecular complexity index is 660. The highest BCUT2D eigenvalue weighted by atomic mass is 16.5. The Kier molecular flexibility index (Phi) is 5.42. The van der Waals surface area contributed by atoms with Crippen molar-refractivity contribution in [2.75, 3.05) is 20.3 Å². The maximum absolute atomic E-state index is 11.9. The van der Waals surface area contributed by atoms with E-state index in [1.807, 2.05) is 0 Å². The molecule has 0 aliphatic carbocycles. The Morgan fingerprint density at radius 3 is 2.48 bits per heavy atom. The van der Waals surface area contributed by atoms with Crippen molar-refractivity contribution in [2.24, 2.45) is 14.1 Å². The minimum absolute atomic E-state index is 0.00391. The van der Waals surface area contributed by atoms with Gasteiger partial charge in [0, 0.05) is 27.3 Å². The molecule has 0 spiro atoms. The van der Waals surface area contributed by atoms with Crippen LogP contribution in [0.5, 0.6) is 0 Å². The monoisotopic (exact) mass is 299 g/mol. The van der Waals surface area contributed by atoms with Gasteiger partial charge in [-0.1, -0.05) is 0 Å². The number of aromatic nitrogens is 2. The summed E-state index contributed by atoms with van der Waals surface area (Å²) in [6.45, 7) is -0.966. The number of carboxylic acid groups (broad SMARTS) is 1. The second kappa shape index (κ2) is 6.84. The van der Waals surface area contributed by atoms with Gasteiger partial charge in [0.2, 0.25) is 5.91 Å². The predicted octanol–water partition coefficient (Wildman–Crippen LogP) is -1.86. The maximum atomic E-state index is 11.9. The fourth-order valence-electron chi connectivity index (χ4n) is 1.67. The number of hydrogen-bond acceptors (Lipinski definition) is 5. The average Bonchev–Trinajstić information content (AvgIpc) is 2.41. The smallest absolute Gasteiger partial charge is 0.330 e. The van der Waals surface area contributed by atoms with E-state index in [0.29, 0.717) is 0 Å². The number of likely N-dealkylation sites (N-methyl/N-ethyl adjacent to an activating group) is 1. The van der Waals surface area contributed by atoms with Crippen LogP contribution in [0.3, 0.4) is 0 Å². The number of ether oxygens (including phenoxy) is 1. The highest BCUT2D eigenvalue weighted by molar-refractivity contribution is 5.77. The SMILES string of the molecule is CN(Cc1cn(C)c(=O)n(C)c1=O)C(=O)COCC(=O)O. The van der Waals surface area contributed by atoms with Gasteiger partial charge in [-0.05, 0) is 0 Å². The normalized spacial score (nSPS) is 10.4. The highest BCUT2D eigenvalue weighted by Gasteiger charge is 2.14. The van der Waals surface area contributed by atoms with Crippen molar-refractivity contribution in [3.63, 3.8) is 0 Å². The third-order valence-corrected chi connectivity index (χ3v) is 2.80. The largest absolute Gasteiger partial charge is 0.480 e. The van der Waals surface area contributed by atoms with Gasteiger partial charge < -0.3 is 19.3 Å². The van der Waals surface area contributed by atoms with E-state index in [1.54, 1.807) is 0 Å². The van der Waals surface area contributed by atoms with E-state index < -0.39 is 36.3 Å². The van der Waals surface area contributed by atoms with Crippen molar-refractivity contribution in [1.82, 2.24) is 14.0 Å². The predicted molar refractivity (Wildman–Crippen MR) is 71.9 cm³/mol. The number of aliphatic carboxylic acids is 1. The molecule has 1 aromatic heterocycles. The summed E-state index contributed by atoms with van der Waals surface area (Å²) in [6, 6.07) is 0. The first-order valence-corrected chi connectivity index (χ1v) is 6.03. The second-order valence-electron chi connectivity index (χ2n) is 4.55. The molecule has 9 nitrogen and oxygen atoms in total. The van der Waals surface area contributed by atoms with Gasteiger partial charge in [-0.3, -0.25) is 14.2 Å². The van der Waals surface area contributed by atoms with E-state index in [4.69, 9.17) is 5.11 Å². The molecule has 1 rings (SSSR count). The molecule has 0 saturated carbocycles. The number of rotatable bonds is 6. The first-order chi connectivity index (χ1) is 9.73. The van der Waals surface area contributed by atoms with E-state index >= 15 is 0 Å². The number of carboxylic acids is 1. The number of hydrogen-bond donors (Lipinski definition) is 1. The average molecular weight is 299 g/mol. The van der Waals surface area contributed by atoms with Crippen molar-refractivity contribution in [1.29, 1.82) is 0 Å². The molecule has 0 atom stereocenters. The van der Waals surface area contributed by atoms with Crippen LogP contribution < -0.4 is 11.2 Å². The van der Waals surface area contributed by atoms with Gasteiger partial charge in [-0.2, -0.15) is 0 Å². The van der Waals surface area contributed by atoms with Crippen molar-refractivity contribution in [3.05, 3.63) is 32.6 Å². The van der Waals surface area contributed by atoms with Crippen LogP contribution in [0.15, 0.2) is 15.8 Å².